The van der Waals surface area contributed by atoms with Crippen LogP contribution in [0.5, 0.6) is 0 Å². The highest BCUT2D eigenvalue weighted by Crippen LogP contribution is 2.12. The van der Waals surface area contributed by atoms with E-state index in [1.54, 1.807) is 11.3 Å². The molecular formula is C16H30IN5O2S. The summed E-state index contributed by atoms with van der Waals surface area (Å²) in [7, 11) is 0. The molecule has 7 nitrogen and oxygen atoms in total. The Labute approximate surface area is 171 Å². The smallest absolute Gasteiger partial charge is 0.191 e. The topological polar surface area (TPSA) is 82.0 Å². The normalized spacial score (nSPS) is 18.3. The second-order valence-corrected chi connectivity index (χ2v) is 7.62. The molecule has 2 rings (SSSR count). The number of aryl methyl sites for hydroxylation is 1. The predicted octanol–water partition coefficient (Wildman–Crippen LogP) is 1.21. The first-order chi connectivity index (χ1) is 11.5. The number of hydrogen-bond donors (Lipinski definition) is 3. The van der Waals surface area contributed by atoms with Gasteiger partial charge in [-0.3, -0.25) is 4.90 Å². The zero-order valence-corrected chi connectivity index (χ0v) is 18.4. The van der Waals surface area contributed by atoms with Gasteiger partial charge < -0.3 is 20.5 Å². The Bertz CT molecular complexity index is 532. The molecule has 1 aromatic rings. The Morgan fingerprint density at radius 1 is 1.44 bits per heavy atom. The summed E-state index contributed by atoms with van der Waals surface area (Å²) in [5.41, 5.74) is -0.828. The molecule has 3 N–H and O–H groups in total. The molecule has 1 fully saturated rings. The summed E-state index contributed by atoms with van der Waals surface area (Å²) in [5.74, 6) is 0.701. The van der Waals surface area contributed by atoms with Crippen LogP contribution in [-0.4, -0.2) is 72.5 Å². The van der Waals surface area contributed by atoms with Crippen LogP contribution in [0, 0.1) is 6.92 Å². The summed E-state index contributed by atoms with van der Waals surface area (Å²) >= 11 is 1.65. The molecule has 1 unspecified atom stereocenters. The molecule has 0 aromatic carbocycles. The average Bonchev–Trinajstić information content (AvgIpc) is 2.96. The monoisotopic (exact) mass is 483 g/mol. The van der Waals surface area contributed by atoms with E-state index in [1.165, 1.54) is 4.88 Å². The summed E-state index contributed by atoms with van der Waals surface area (Å²) in [6.45, 7) is 11.5. The van der Waals surface area contributed by atoms with Crippen molar-refractivity contribution in [3.8, 4) is 0 Å². The zero-order chi connectivity index (χ0) is 17.4. The fraction of sp³-hybridized carbons (Fsp3) is 0.750. The van der Waals surface area contributed by atoms with Gasteiger partial charge in [-0.2, -0.15) is 0 Å². The van der Waals surface area contributed by atoms with Crippen LogP contribution >= 0.6 is 35.3 Å². The van der Waals surface area contributed by atoms with Crippen molar-refractivity contribution in [1.82, 2.24) is 20.5 Å². The molecule has 2 heterocycles. The quantitative estimate of drug-likeness (QED) is 0.307. The Hall–Kier alpha value is -0.490. The van der Waals surface area contributed by atoms with Crippen LogP contribution in [0.25, 0.3) is 0 Å². The molecule has 1 aromatic heterocycles. The fourth-order valence-corrected chi connectivity index (χ4v) is 3.25. The number of aliphatic imine (C=N–C) groups is 1. The van der Waals surface area contributed by atoms with E-state index in [2.05, 4.69) is 25.5 Å². The van der Waals surface area contributed by atoms with Gasteiger partial charge >= 0.3 is 0 Å². The molecule has 1 aliphatic heterocycles. The first-order valence-corrected chi connectivity index (χ1v) is 9.26. The highest BCUT2D eigenvalue weighted by Gasteiger charge is 2.25. The molecule has 9 heteroatoms. The minimum absolute atomic E-state index is 0. The van der Waals surface area contributed by atoms with Crippen molar-refractivity contribution in [2.45, 2.75) is 32.9 Å². The second-order valence-electron chi connectivity index (χ2n) is 6.30. The van der Waals surface area contributed by atoms with Crippen molar-refractivity contribution >= 4 is 41.3 Å². The third-order valence-electron chi connectivity index (χ3n) is 3.69. The molecule has 0 spiro atoms. The van der Waals surface area contributed by atoms with Gasteiger partial charge in [0.15, 0.2) is 5.96 Å². The number of halogens is 1. The van der Waals surface area contributed by atoms with Crippen LogP contribution in [0.4, 0.5) is 0 Å². The third-order valence-corrected chi connectivity index (χ3v) is 4.59. The van der Waals surface area contributed by atoms with Crippen molar-refractivity contribution in [2.75, 3.05) is 45.9 Å². The number of hydrogen-bond acceptors (Lipinski definition) is 6. The molecule has 1 saturated heterocycles. The predicted molar refractivity (Wildman–Crippen MR) is 113 cm³/mol. The van der Waals surface area contributed by atoms with Crippen molar-refractivity contribution in [3.05, 3.63) is 16.1 Å². The lowest BCUT2D eigenvalue weighted by Gasteiger charge is -2.34. The van der Waals surface area contributed by atoms with Crippen molar-refractivity contribution < 1.29 is 9.84 Å². The molecule has 1 aliphatic rings. The van der Waals surface area contributed by atoms with E-state index in [0.29, 0.717) is 25.6 Å². The minimum atomic E-state index is -0.828. The lowest BCUT2D eigenvalue weighted by atomic mass is 10.1. The number of nitrogens with zero attached hydrogens (tertiary/aromatic N) is 3. The van der Waals surface area contributed by atoms with E-state index in [4.69, 9.17) is 4.74 Å². The SMILES string of the molecule is CCNC(=NCc1ncc(C)s1)NCC(C)(O)CN1CCOCC1.I. The summed E-state index contributed by atoms with van der Waals surface area (Å²) in [6, 6.07) is 0. The second kappa shape index (κ2) is 11.3. The van der Waals surface area contributed by atoms with Crippen molar-refractivity contribution in [3.63, 3.8) is 0 Å². The van der Waals surface area contributed by atoms with Crippen LogP contribution in [0.2, 0.25) is 0 Å². The summed E-state index contributed by atoms with van der Waals surface area (Å²) in [6.07, 6.45) is 1.86. The van der Waals surface area contributed by atoms with Crippen LogP contribution in [0.15, 0.2) is 11.2 Å². The Morgan fingerprint density at radius 2 is 2.16 bits per heavy atom. The Kier molecular flexibility index (Phi) is 10.2. The van der Waals surface area contributed by atoms with Gasteiger partial charge in [-0.15, -0.1) is 35.3 Å². The van der Waals surface area contributed by atoms with Gasteiger partial charge in [-0.05, 0) is 20.8 Å². The maximum absolute atomic E-state index is 10.6. The molecule has 0 saturated carbocycles. The molecule has 1 atom stereocenters. The van der Waals surface area contributed by atoms with E-state index in [-0.39, 0.29) is 24.0 Å². The van der Waals surface area contributed by atoms with Crippen molar-refractivity contribution in [1.29, 1.82) is 0 Å². The fourth-order valence-electron chi connectivity index (χ4n) is 2.53. The largest absolute Gasteiger partial charge is 0.387 e. The number of rotatable bonds is 7. The van der Waals surface area contributed by atoms with Crippen LogP contribution in [-0.2, 0) is 11.3 Å². The van der Waals surface area contributed by atoms with Gasteiger partial charge in [0.05, 0.1) is 25.4 Å². The molecule has 25 heavy (non-hydrogen) atoms. The highest BCUT2D eigenvalue weighted by molar-refractivity contribution is 14.0. The van der Waals surface area contributed by atoms with Gasteiger partial charge in [0, 0.05) is 43.8 Å². The molecule has 0 radical (unpaired) electrons. The molecule has 0 aliphatic carbocycles. The first kappa shape index (κ1) is 22.6. The van der Waals surface area contributed by atoms with E-state index >= 15 is 0 Å². The lowest BCUT2D eigenvalue weighted by Crippen LogP contribution is -2.52. The summed E-state index contributed by atoms with van der Waals surface area (Å²) in [4.78, 5) is 12.3. The Morgan fingerprint density at radius 3 is 2.76 bits per heavy atom. The number of morpholine rings is 1. The maximum Gasteiger partial charge on any atom is 0.191 e. The lowest BCUT2D eigenvalue weighted by molar-refractivity contribution is -0.0201. The third kappa shape index (κ3) is 8.63. The average molecular weight is 483 g/mol. The molecule has 0 amide bonds. The van der Waals surface area contributed by atoms with E-state index in [9.17, 15) is 5.11 Å². The number of nitrogens with one attached hydrogen (secondary N) is 2. The summed E-state index contributed by atoms with van der Waals surface area (Å²) < 4.78 is 5.35. The van der Waals surface area contributed by atoms with Gasteiger partial charge in [-0.1, -0.05) is 0 Å². The number of guanidine groups is 1. The number of β-amino-alcohol motifs (C(OH)–C–C–N with tert-alkyl or cyclic N) is 1. The van der Waals surface area contributed by atoms with Gasteiger partial charge in [0.25, 0.3) is 0 Å². The summed E-state index contributed by atoms with van der Waals surface area (Å²) in [5, 5.41) is 18.1. The maximum atomic E-state index is 10.6. The van der Waals surface area contributed by atoms with E-state index in [1.807, 2.05) is 27.0 Å². The van der Waals surface area contributed by atoms with Crippen LogP contribution < -0.4 is 10.6 Å². The van der Waals surface area contributed by atoms with Gasteiger partial charge in [0.1, 0.15) is 5.01 Å². The number of aromatic nitrogens is 1. The number of thiazole rings is 1. The molecule has 144 valence electrons. The van der Waals surface area contributed by atoms with E-state index < -0.39 is 5.60 Å². The van der Waals surface area contributed by atoms with Crippen molar-refractivity contribution in [2.24, 2.45) is 4.99 Å². The number of ether oxygens (including phenoxy) is 1. The zero-order valence-electron chi connectivity index (χ0n) is 15.2. The van der Waals surface area contributed by atoms with E-state index in [0.717, 1.165) is 37.9 Å². The highest BCUT2D eigenvalue weighted by atomic mass is 127. The van der Waals surface area contributed by atoms with Crippen LogP contribution in [0.3, 0.4) is 0 Å². The number of aliphatic hydroxyl groups is 1. The Balaban J connectivity index is 0.00000312. The molecule has 0 bridgehead atoms. The van der Waals surface area contributed by atoms with Crippen LogP contribution in [0.1, 0.15) is 23.7 Å². The van der Waals surface area contributed by atoms with Gasteiger partial charge in [-0.25, -0.2) is 9.98 Å². The minimum Gasteiger partial charge on any atom is -0.387 e. The van der Waals surface area contributed by atoms with Gasteiger partial charge in [0.2, 0.25) is 0 Å². The first-order valence-electron chi connectivity index (χ1n) is 8.44. The standard InChI is InChI=1S/C16H29N5O2S.HI/c1-4-17-15(19-10-14-18-9-13(2)24-14)20-11-16(3,22)12-21-5-7-23-8-6-21;/h9,22H,4-8,10-12H2,1-3H3,(H2,17,19,20);1H. The molecular weight excluding hydrogens is 453 g/mol.